The van der Waals surface area contributed by atoms with Crippen molar-refractivity contribution in [3.63, 3.8) is 0 Å². The van der Waals surface area contributed by atoms with Crippen LogP contribution in [0.5, 0.6) is 17.2 Å². The number of carboxylic acids is 1. The molecule has 4 rings (SSSR count). The largest absolute Gasteiger partial charge is 0.497 e. The first kappa shape index (κ1) is 26.3. The fraction of sp³-hybridized carbons (Fsp3) is 0.250. The summed E-state index contributed by atoms with van der Waals surface area (Å²) < 4.78 is 27.5. The number of carbonyl (C=O) groups is 2. The molecular formula is C28H28N2O8. The number of benzene rings is 2. The molecule has 0 aliphatic rings. The van der Waals surface area contributed by atoms with Gasteiger partial charge < -0.3 is 28.2 Å². The van der Waals surface area contributed by atoms with Gasteiger partial charge in [0.25, 0.3) is 5.89 Å². The number of hydrogen-bond acceptors (Lipinski definition) is 8. The molecule has 0 saturated heterocycles. The maximum atomic E-state index is 12.6. The molecule has 38 heavy (non-hydrogen) atoms. The third kappa shape index (κ3) is 6.94. The molecule has 0 atom stereocenters. The van der Waals surface area contributed by atoms with Crippen LogP contribution in [0.15, 0.2) is 69.5 Å². The average Bonchev–Trinajstić information content (AvgIpc) is 3.50. The van der Waals surface area contributed by atoms with Gasteiger partial charge in [-0.25, -0.2) is 9.78 Å². The second-order valence-corrected chi connectivity index (χ2v) is 8.47. The number of amides is 1. The monoisotopic (exact) mass is 520 g/mol. The van der Waals surface area contributed by atoms with E-state index in [0.717, 1.165) is 21.9 Å². The van der Waals surface area contributed by atoms with Crippen molar-refractivity contribution in [2.45, 2.75) is 26.8 Å². The topological polar surface area (TPSA) is 124 Å². The number of oxazole rings is 1. The molecule has 0 unspecified atom stereocenters. The zero-order valence-corrected chi connectivity index (χ0v) is 21.3. The van der Waals surface area contributed by atoms with Crippen molar-refractivity contribution in [2.75, 3.05) is 20.3 Å². The van der Waals surface area contributed by atoms with Gasteiger partial charge in [-0.1, -0.05) is 12.1 Å². The van der Waals surface area contributed by atoms with Gasteiger partial charge in [0, 0.05) is 13.0 Å². The van der Waals surface area contributed by atoms with Gasteiger partial charge in [-0.05, 0) is 67.9 Å². The molecule has 0 spiro atoms. The Bertz CT molecular complexity index is 1370. The number of hydrogen-bond donors (Lipinski definition) is 1. The minimum atomic E-state index is -1.15. The van der Waals surface area contributed by atoms with E-state index >= 15 is 0 Å². The van der Waals surface area contributed by atoms with Gasteiger partial charge in [0.05, 0.1) is 19.4 Å². The van der Waals surface area contributed by atoms with Gasteiger partial charge in [0.15, 0.2) is 5.76 Å². The number of ether oxygens (including phenoxy) is 3. The summed E-state index contributed by atoms with van der Waals surface area (Å²) in [5.74, 6) is 2.87. The maximum Gasteiger partial charge on any atom is 0.416 e. The second kappa shape index (κ2) is 12.0. The molecule has 0 saturated carbocycles. The number of furan rings is 1. The summed E-state index contributed by atoms with van der Waals surface area (Å²) in [5, 5.41) is 9.26. The molecule has 198 valence electrons. The highest BCUT2D eigenvalue weighted by Gasteiger charge is 2.20. The number of nitrogens with zero attached hydrogens (tertiary/aromatic N) is 2. The Labute approximate surface area is 219 Å². The zero-order chi connectivity index (χ0) is 27.1. The maximum absolute atomic E-state index is 12.6. The van der Waals surface area contributed by atoms with E-state index in [1.54, 1.807) is 48.5 Å². The summed E-state index contributed by atoms with van der Waals surface area (Å²) in [4.78, 5) is 29.6. The number of rotatable bonds is 11. The van der Waals surface area contributed by atoms with Crippen molar-refractivity contribution in [3.8, 4) is 28.9 Å². The molecule has 2 aromatic heterocycles. The summed E-state index contributed by atoms with van der Waals surface area (Å²) in [6.45, 7) is 3.62. The molecule has 2 heterocycles. The summed E-state index contributed by atoms with van der Waals surface area (Å²) in [6, 6.07) is 17.2. The molecule has 10 heteroatoms. The zero-order valence-electron chi connectivity index (χ0n) is 21.3. The van der Waals surface area contributed by atoms with Crippen LogP contribution in [-0.4, -0.2) is 47.3 Å². The van der Waals surface area contributed by atoms with Gasteiger partial charge in [-0.2, -0.15) is 0 Å². The predicted molar refractivity (Wildman–Crippen MR) is 136 cm³/mol. The summed E-state index contributed by atoms with van der Waals surface area (Å²) in [7, 11) is 1.53. The lowest BCUT2D eigenvalue weighted by atomic mass is 10.2. The van der Waals surface area contributed by atoms with Gasteiger partial charge in [0.2, 0.25) is 0 Å². The molecule has 0 bridgehead atoms. The van der Waals surface area contributed by atoms with E-state index in [1.807, 2.05) is 26.0 Å². The van der Waals surface area contributed by atoms with Crippen LogP contribution in [0.3, 0.4) is 0 Å². The number of aromatic nitrogens is 1. The van der Waals surface area contributed by atoms with Crippen molar-refractivity contribution < 1.29 is 37.7 Å². The first-order valence-corrected chi connectivity index (χ1v) is 11.9. The Morgan fingerprint density at radius 1 is 0.921 bits per heavy atom. The number of methoxy groups -OCH3 is 1. The summed E-state index contributed by atoms with van der Waals surface area (Å²) in [5.41, 5.74) is 1.50. The van der Waals surface area contributed by atoms with E-state index in [1.165, 1.54) is 7.11 Å². The highest BCUT2D eigenvalue weighted by atomic mass is 16.6. The smallest absolute Gasteiger partial charge is 0.416 e. The molecule has 0 fully saturated rings. The van der Waals surface area contributed by atoms with Crippen LogP contribution in [0.2, 0.25) is 0 Å². The Hall–Kier alpha value is -4.73. The lowest BCUT2D eigenvalue weighted by Gasteiger charge is -2.20. The van der Waals surface area contributed by atoms with E-state index < -0.39 is 18.6 Å². The number of aliphatic carboxylic acids is 1. The van der Waals surface area contributed by atoms with E-state index in [2.05, 4.69) is 4.98 Å². The highest BCUT2D eigenvalue weighted by molar-refractivity contribution is 5.78. The van der Waals surface area contributed by atoms with E-state index in [9.17, 15) is 14.7 Å². The van der Waals surface area contributed by atoms with Crippen LogP contribution in [0.25, 0.3) is 11.7 Å². The second-order valence-electron chi connectivity index (χ2n) is 8.47. The molecule has 0 aliphatic heterocycles. The number of aryl methyl sites for hydroxylation is 2. The Morgan fingerprint density at radius 3 is 2.24 bits per heavy atom. The van der Waals surface area contributed by atoms with Crippen molar-refractivity contribution in [2.24, 2.45) is 0 Å². The fourth-order valence-corrected chi connectivity index (χ4v) is 3.65. The third-order valence-corrected chi connectivity index (χ3v) is 5.60. The van der Waals surface area contributed by atoms with Crippen LogP contribution in [0, 0.1) is 13.8 Å². The van der Waals surface area contributed by atoms with Crippen molar-refractivity contribution in [3.05, 3.63) is 83.4 Å². The lowest BCUT2D eigenvalue weighted by molar-refractivity contribution is -0.138. The Balaban J connectivity index is 1.32. The van der Waals surface area contributed by atoms with E-state index in [0.29, 0.717) is 41.9 Å². The molecule has 1 amide bonds. The quantitative estimate of drug-likeness (QED) is 0.282. The van der Waals surface area contributed by atoms with Gasteiger partial charge in [0.1, 0.15) is 35.3 Å². The molecule has 4 aromatic rings. The van der Waals surface area contributed by atoms with Crippen LogP contribution < -0.4 is 14.2 Å². The summed E-state index contributed by atoms with van der Waals surface area (Å²) in [6.07, 6.45) is -0.231. The molecule has 0 aliphatic carbocycles. The first-order valence-electron chi connectivity index (χ1n) is 11.9. The van der Waals surface area contributed by atoms with Crippen molar-refractivity contribution in [1.82, 2.24) is 9.88 Å². The van der Waals surface area contributed by atoms with Crippen LogP contribution in [0.4, 0.5) is 4.79 Å². The van der Waals surface area contributed by atoms with Crippen molar-refractivity contribution in [1.29, 1.82) is 0 Å². The number of carbonyl (C=O) groups excluding carboxylic acids is 1. The molecule has 10 nitrogen and oxygen atoms in total. The van der Waals surface area contributed by atoms with Crippen LogP contribution >= 0.6 is 0 Å². The Morgan fingerprint density at radius 2 is 1.61 bits per heavy atom. The predicted octanol–water partition coefficient (Wildman–Crippen LogP) is 5.27. The highest BCUT2D eigenvalue weighted by Crippen LogP contribution is 2.24. The standard InChI is InChI=1S/C28H28N2O8/c1-18-4-13-25(36-18)27-29-24(19(2)37-27)14-15-35-22-7-5-20(6-8-22)16-30(17-26(31)32)28(33)38-23-11-9-21(34-3)10-12-23/h4-13H,14-17H2,1-3H3,(H,31,32). The Kier molecular flexibility index (Phi) is 8.32. The van der Waals surface area contributed by atoms with E-state index in [4.69, 9.17) is 23.0 Å². The van der Waals surface area contributed by atoms with E-state index in [-0.39, 0.29) is 12.3 Å². The van der Waals surface area contributed by atoms with Crippen LogP contribution in [-0.2, 0) is 17.8 Å². The molecular weight excluding hydrogens is 492 g/mol. The summed E-state index contributed by atoms with van der Waals surface area (Å²) >= 11 is 0. The van der Waals surface area contributed by atoms with Gasteiger partial charge in [-0.15, -0.1) is 0 Å². The molecule has 1 N–H and O–H groups in total. The normalized spacial score (nSPS) is 10.7. The SMILES string of the molecule is COc1ccc(OC(=O)N(CC(=O)O)Cc2ccc(OCCc3nc(-c4ccc(C)o4)oc3C)cc2)cc1. The first-order chi connectivity index (χ1) is 18.3. The van der Waals surface area contributed by atoms with Gasteiger partial charge in [-0.3, -0.25) is 9.69 Å². The van der Waals surface area contributed by atoms with Crippen molar-refractivity contribution >= 4 is 12.1 Å². The third-order valence-electron chi connectivity index (χ3n) is 5.60. The molecule has 2 aromatic carbocycles. The lowest BCUT2D eigenvalue weighted by Crippen LogP contribution is -2.37. The average molecular weight is 521 g/mol. The minimum absolute atomic E-state index is 0.0503. The minimum Gasteiger partial charge on any atom is -0.497 e. The van der Waals surface area contributed by atoms with Gasteiger partial charge >= 0.3 is 12.1 Å². The molecule has 0 radical (unpaired) electrons. The number of carboxylic acid groups (broad SMARTS) is 1. The fourth-order valence-electron chi connectivity index (χ4n) is 3.65. The van der Waals surface area contributed by atoms with Crippen LogP contribution in [0.1, 0.15) is 22.8 Å².